The monoisotopic (exact) mass is 354 g/mol. The molecule has 0 aliphatic carbocycles. The van der Waals surface area contributed by atoms with Gasteiger partial charge in [0, 0.05) is 34.7 Å². The maximum Gasteiger partial charge on any atom is 0.267 e. The highest BCUT2D eigenvalue weighted by Gasteiger charge is 2.10. The maximum absolute atomic E-state index is 12.3. The predicted molar refractivity (Wildman–Crippen MR) is 96.5 cm³/mol. The molecule has 0 bridgehead atoms. The van der Waals surface area contributed by atoms with Gasteiger partial charge in [-0.15, -0.1) is 0 Å². The summed E-state index contributed by atoms with van der Waals surface area (Å²) in [6.45, 7) is 1.62. The van der Waals surface area contributed by atoms with Crippen molar-refractivity contribution >= 4 is 23.2 Å². The van der Waals surface area contributed by atoms with Crippen molar-refractivity contribution in [1.29, 1.82) is 0 Å². The van der Waals surface area contributed by atoms with Gasteiger partial charge in [-0.3, -0.25) is 14.6 Å². The molecule has 25 heavy (non-hydrogen) atoms. The van der Waals surface area contributed by atoms with E-state index >= 15 is 0 Å². The number of halogens is 1. The van der Waals surface area contributed by atoms with E-state index in [-0.39, 0.29) is 18.0 Å². The van der Waals surface area contributed by atoms with Crippen molar-refractivity contribution in [3.8, 4) is 11.3 Å². The lowest BCUT2D eigenvalue weighted by atomic mass is 10.2. The summed E-state index contributed by atoms with van der Waals surface area (Å²) < 4.78 is 1.13. The number of carbonyl (C=O) groups excluding carboxylic acids is 1. The molecule has 126 valence electrons. The van der Waals surface area contributed by atoms with Crippen molar-refractivity contribution in [1.82, 2.24) is 14.8 Å². The van der Waals surface area contributed by atoms with E-state index in [4.69, 9.17) is 11.6 Å². The van der Waals surface area contributed by atoms with Crippen LogP contribution in [-0.4, -0.2) is 20.7 Å². The quantitative estimate of drug-likeness (QED) is 0.781. The molecule has 0 saturated carbocycles. The third kappa shape index (κ3) is 3.92. The van der Waals surface area contributed by atoms with Crippen LogP contribution in [0, 0.1) is 6.92 Å². The fourth-order valence-electron chi connectivity index (χ4n) is 2.31. The Bertz CT molecular complexity index is 970. The fraction of sp³-hybridized carbons (Fsp3) is 0.111. The van der Waals surface area contributed by atoms with Crippen molar-refractivity contribution in [3.05, 3.63) is 75.8 Å². The van der Waals surface area contributed by atoms with Gasteiger partial charge >= 0.3 is 0 Å². The Morgan fingerprint density at radius 3 is 2.68 bits per heavy atom. The van der Waals surface area contributed by atoms with Crippen LogP contribution >= 0.6 is 11.6 Å². The Labute approximate surface area is 149 Å². The average molecular weight is 355 g/mol. The van der Waals surface area contributed by atoms with Crippen LogP contribution in [0.15, 0.2) is 59.7 Å². The molecule has 0 aliphatic rings. The second-order valence-electron chi connectivity index (χ2n) is 5.41. The van der Waals surface area contributed by atoms with Gasteiger partial charge < -0.3 is 5.32 Å². The molecule has 3 rings (SSSR count). The number of benzene rings is 1. The van der Waals surface area contributed by atoms with Crippen LogP contribution in [0.25, 0.3) is 11.3 Å². The highest BCUT2D eigenvalue weighted by Crippen LogP contribution is 2.22. The van der Waals surface area contributed by atoms with Crippen LogP contribution in [-0.2, 0) is 11.3 Å². The lowest BCUT2D eigenvalue weighted by Crippen LogP contribution is -2.29. The molecule has 0 fully saturated rings. The second kappa shape index (κ2) is 7.27. The second-order valence-corrected chi connectivity index (χ2v) is 5.82. The molecule has 0 aliphatic heterocycles. The number of amides is 1. The molecule has 0 spiro atoms. The summed E-state index contributed by atoms with van der Waals surface area (Å²) in [6, 6.07) is 11.8. The summed E-state index contributed by atoms with van der Waals surface area (Å²) in [5.74, 6) is -0.355. The fourth-order valence-corrected chi connectivity index (χ4v) is 2.48. The van der Waals surface area contributed by atoms with Crippen molar-refractivity contribution in [2.75, 3.05) is 5.32 Å². The summed E-state index contributed by atoms with van der Waals surface area (Å²) in [7, 11) is 0. The number of rotatable bonds is 4. The van der Waals surface area contributed by atoms with E-state index in [1.165, 1.54) is 6.07 Å². The van der Waals surface area contributed by atoms with Crippen molar-refractivity contribution < 1.29 is 4.79 Å². The molecule has 3 aromatic rings. The van der Waals surface area contributed by atoms with E-state index in [0.29, 0.717) is 16.4 Å². The number of carbonyl (C=O) groups is 1. The lowest BCUT2D eigenvalue weighted by Gasteiger charge is -2.10. The van der Waals surface area contributed by atoms with E-state index in [0.717, 1.165) is 15.8 Å². The summed E-state index contributed by atoms with van der Waals surface area (Å²) in [6.07, 6.45) is 3.28. The zero-order valence-corrected chi connectivity index (χ0v) is 14.2. The van der Waals surface area contributed by atoms with Crippen molar-refractivity contribution in [3.63, 3.8) is 0 Å². The molecule has 7 heteroatoms. The van der Waals surface area contributed by atoms with Crippen LogP contribution in [0.2, 0.25) is 5.02 Å². The minimum absolute atomic E-state index is 0.191. The SMILES string of the molecule is Cc1c(Cl)cccc1NC(=O)Cn1nc(-c2ccncc2)ccc1=O. The van der Waals surface area contributed by atoms with Gasteiger partial charge in [-0.25, -0.2) is 4.68 Å². The first-order valence-corrected chi connectivity index (χ1v) is 7.96. The Hall–Kier alpha value is -2.99. The van der Waals surface area contributed by atoms with Gasteiger partial charge in [0.05, 0.1) is 5.69 Å². The maximum atomic E-state index is 12.3. The van der Waals surface area contributed by atoms with Crippen molar-refractivity contribution in [2.24, 2.45) is 0 Å². The minimum Gasteiger partial charge on any atom is -0.324 e. The topological polar surface area (TPSA) is 76.9 Å². The number of nitrogens with one attached hydrogen (secondary N) is 1. The first-order chi connectivity index (χ1) is 12.0. The molecular weight excluding hydrogens is 340 g/mol. The Morgan fingerprint density at radius 1 is 1.16 bits per heavy atom. The predicted octanol–water partition coefficient (Wildman–Crippen LogP) is 2.91. The van der Waals surface area contributed by atoms with E-state index in [9.17, 15) is 9.59 Å². The normalized spacial score (nSPS) is 10.5. The standard InChI is InChI=1S/C18H15ClN4O2/c1-12-14(19)3-2-4-15(12)21-17(24)11-23-18(25)6-5-16(22-23)13-7-9-20-10-8-13/h2-10H,11H2,1H3,(H,21,24). The summed E-state index contributed by atoms with van der Waals surface area (Å²) >= 11 is 6.05. The zero-order valence-electron chi connectivity index (χ0n) is 13.4. The number of nitrogens with zero attached hydrogens (tertiary/aromatic N) is 3. The van der Waals surface area contributed by atoms with Crippen LogP contribution in [0.1, 0.15) is 5.56 Å². The lowest BCUT2D eigenvalue weighted by molar-refractivity contribution is -0.117. The van der Waals surface area contributed by atoms with E-state index < -0.39 is 0 Å². The van der Waals surface area contributed by atoms with E-state index in [2.05, 4.69) is 15.4 Å². The van der Waals surface area contributed by atoms with Crippen LogP contribution in [0.4, 0.5) is 5.69 Å². The molecule has 1 amide bonds. The number of hydrogen-bond donors (Lipinski definition) is 1. The Balaban J connectivity index is 1.81. The highest BCUT2D eigenvalue weighted by molar-refractivity contribution is 6.31. The summed E-state index contributed by atoms with van der Waals surface area (Å²) in [5.41, 5.74) is 2.43. The Morgan fingerprint density at radius 2 is 1.92 bits per heavy atom. The van der Waals surface area contributed by atoms with Crippen molar-refractivity contribution in [2.45, 2.75) is 13.5 Å². The molecule has 0 unspecified atom stereocenters. The minimum atomic E-state index is -0.355. The van der Waals surface area contributed by atoms with Gasteiger partial charge in [0.25, 0.3) is 5.56 Å². The smallest absolute Gasteiger partial charge is 0.267 e. The first-order valence-electron chi connectivity index (χ1n) is 7.58. The number of hydrogen-bond acceptors (Lipinski definition) is 4. The molecule has 2 aromatic heterocycles. The van der Waals surface area contributed by atoms with E-state index in [1.54, 1.807) is 48.8 Å². The average Bonchev–Trinajstić information content (AvgIpc) is 2.61. The molecule has 0 saturated heterocycles. The number of aromatic nitrogens is 3. The summed E-state index contributed by atoms with van der Waals surface area (Å²) in [5, 5.41) is 7.57. The number of pyridine rings is 1. The van der Waals surface area contributed by atoms with Gasteiger partial charge in [0.1, 0.15) is 6.54 Å². The molecule has 2 heterocycles. The molecule has 6 nitrogen and oxygen atoms in total. The molecule has 1 aromatic carbocycles. The van der Waals surface area contributed by atoms with Gasteiger partial charge in [0.2, 0.25) is 5.91 Å². The largest absolute Gasteiger partial charge is 0.324 e. The van der Waals surface area contributed by atoms with Gasteiger partial charge in [-0.05, 0) is 42.8 Å². The van der Waals surface area contributed by atoms with Gasteiger partial charge in [-0.2, -0.15) is 5.10 Å². The molecular formula is C18H15ClN4O2. The summed E-state index contributed by atoms with van der Waals surface area (Å²) in [4.78, 5) is 28.2. The zero-order chi connectivity index (χ0) is 17.8. The van der Waals surface area contributed by atoms with E-state index in [1.807, 2.05) is 6.92 Å². The Kier molecular flexibility index (Phi) is 4.90. The highest BCUT2D eigenvalue weighted by atomic mass is 35.5. The third-order valence-electron chi connectivity index (χ3n) is 3.68. The molecule has 0 radical (unpaired) electrons. The molecule has 1 N–H and O–H groups in total. The van der Waals surface area contributed by atoms with Gasteiger partial charge in [-0.1, -0.05) is 17.7 Å². The first kappa shape index (κ1) is 16.9. The number of anilines is 1. The van der Waals surface area contributed by atoms with Crippen LogP contribution in [0.5, 0.6) is 0 Å². The molecule has 0 atom stereocenters. The van der Waals surface area contributed by atoms with Crippen LogP contribution < -0.4 is 10.9 Å². The van der Waals surface area contributed by atoms with Gasteiger partial charge in [0.15, 0.2) is 0 Å². The third-order valence-corrected chi connectivity index (χ3v) is 4.09. The van der Waals surface area contributed by atoms with Crippen LogP contribution in [0.3, 0.4) is 0 Å².